The van der Waals surface area contributed by atoms with Gasteiger partial charge >= 0.3 is 0 Å². The third-order valence-corrected chi connectivity index (χ3v) is 3.71. The zero-order valence-corrected chi connectivity index (χ0v) is 10.5. The number of Topliss-reactive ketones (excluding diaryl/α,β-unsaturated/α-hetero) is 3. The van der Waals surface area contributed by atoms with E-state index in [0.29, 0.717) is 18.4 Å². The number of carbonyl (C=O) groups excluding carboxylic acids is 3. The van der Waals surface area contributed by atoms with Crippen molar-refractivity contribution in [2.24, 2.45) is 0 Å². The normalized spacial score (nSPS) is 32.8. The Balaban J connectivity index is 2.54. The molecule has 92 valence electrons. The highest BCUT2D eigenvalue weighted by Gasteiger charge is 2.59. The highest BCUT2D eigenvalue weighted by Crippen LogP contribution is 2.42. The molecule has 1 unspecified atom stereocenters. The fourth-order valence-corrected chi connectivity index (χ4v) is 2.47. The fourth-order valence-electron chi connectivity index (χ4n) is 2.47. The predicted molar refractivity (Wildman–Crippen MR) is 60.5 cm³/mol. The van der Waals surface area contributed by atoms with Crippen molar-refractivity contribution in [3.63, 3.8) is 0 Å². The first-order chi connectivity index (χ1) is 7.71. The molecule has 1 fully saturated rings. The number of hydrogen-bond donors (Lipinski definition) is 0. The van der Waals surface area contributed by atoms with Crippen molar-refractivity contribution >= 4 is 17.3 Å². The first-order valence-electron chi connectivity index (χ1n) is 5.73. The van der Waals surface area contributed by atoms with E-state index in [1.807, 2.05) is 13.8 Å². The van der Waals surface area contributed by atoms with Crippen LogP contribution in [0.3, 0.4) is 0 Å². The van der Waals surface area contributed by atoms with Gasteiger partial charge in [0.2, 0.25) is 11.6 Å². The summed E-state index contributed by atoms with van der Waals surface area (Å²) >= 11 is 0. The minimum absolute atomic E-state index is 0.249. The molecule has 0 N–H and O–H groups in total. The molecule has 2 rings (SSSR count). The lowest BCUT2D eigenvalue weighted by molar-refractivity contribution is -0.164. The second-order valence-corrected chi connectivity index (χ2v) is 5.43. The fraction of sp³-hybridized carbons (Fsp3) is 0.615. The van der Waals surface area contributed by atoms with Gasteiger partial charge in [-0.15, -0.1) is 0 Å². The quantitative estimate of drug-likeness (QED) is 0.471. The van der Waals surface area contributed by atoms with Gasteiger partial charge < -0.3 is 4.74 Å². The second kappa shape index (κ2) is 3.35. The number of carbonyl (C=O) groups is 3. The van der Waals surface area contributed by atoms with Gasteiger partial charge in [-0.25, -0.2) is 0 Å². The molecule has 1 heterocycles. The predicted octanol–water partition coefficient (Wildman–Crippen LogP) is 1.37. The van der Waals surface area contributed by atoms with Gasteiger partial charge in [-0.1, -0.05) is 0 Å². The maximum Gasteiger partial charge on any atom is 0.242 e. The van der Waals surface area contributed by atoms with Crippen molar-refractivity contribution < 1.29 is 19.1 Å². The van der Waals surface area contributed by atoms with Crippen molar-refractivity contribution in [3.8, 4) is 0 Å². The van der Waals surface area contributed by atoms with Gasteiger partial charge in [-0.3, -0.25) is 14.4 Å². The zero-order valence-electron chi connectivity index (χ0n) is 10.5. The SMILES string of the molecule is CC1=C(C)C(=O)C2(CCC(C)(C)O2)C(=O)C1=O. The summed E-state index contributed by atoms with van der Waals surface area (Å²) in [6.45, 7) is 6.75. The summed E-state index contributed by atoms with van der Waals surface area (Å²) in [5.41, 5.74) is -1.47. The number of hydrogen-bond acceptors (Lipinski definition) is 4. The average molecular weight is 236 g/mol. The van der Waals surface area contributed by atoms with E-state index in [9.17, 15) is 14.4 Å². The smallest absolute Gasteiger partial charge is 0.242 e. The van der Waals surface area contributed by atoms with E-state index in [0.717, 1.165) is 0 Å². The molecule has 1 atom stereocenters. The Bertz CT molecular complexity index is 470. The minimum atomic E-state index is -1.54. The van der Waals surface area contributed by atoms with Crippen LogP contribution in [0.2, 0.25) is 0 Å². The highest BCUT2D eigenvalue weighted by atomic mass is 16.5. The van der Waals surface area contributed by atoms with Crippen LogP contribution in [0.25, 0.3) is 0 Å². The summed E-state index contributed by atoms with van der Waals surface area (Å²) in [7, 11) is 0. The lowest BCUT2D eigenvalue weighted by atomic mass is 9.77. The van der Waals surface area contributed by atoms with Crippen LogP contribution in [-0.4, -0.2) is 28.6 Å². The van der Waals surface area contributed by atoms with E-state index >= 15 is 0 Å². The molecule has 1 aliphatic carbocycles. The average Bonchev–Trinajstić information content (AvgIpc) is 2.60. The van der Waals surface area contributed by atoms with E-state index in [-0.39, 0.29) is 11.4 Å². The summed E-state index contributed by atoms with van der Waals surface area (Å²) in [6, 6.07) is 0. The number of allylic oxidation sites excluding steroid dienone is 1. The number of rotatable bonds is 0. The summed E-state index contributed by atoms with van der Waals surface area (Å²) in [5.74, 6) is -1.62. The van der Waals surface area contributed by atoms with Gasteiger partial charge in [0, 0.05) is 11.1 Å². The summed E-state index contributed by atoms with van der Waals surface area (Å²) in [5, 5.41) is 0. The van der Waals surface area contributed by atoms with Gasteiger partial charge in [0.15, 0.2) is 11.4 Å². The first-order valence-corrected chi connectivity index (χ1v) is 5.73. The van der Waals surface area contributed by atoms with Crippen LogP contribution in [0.15, 0.2) is 11.1 Å². The Hall–Kier alpha value is -1.29. The van der Waals surface area contributed by atoms with Crippen LogP contribution in [0.5, 0.6) is 0 Å². The van der Waals surface area contributed by atoms with Crippen molar-refractivity contribution in [3.05, 3.63) is 11.1 Å². The van der Waals surface area contributed by atoms with E-state index in [1.54, 1.807) is 6.92 Å². The number of ether oxygens (including phenoxy) is 1. The third kappa shape index (κ3) is 1.51. The van der Waals surface area contributed by atoms with Crippen LogP contribution < -0.4 is 0 Å². The Morgan fingerprint density at radius 2 is 1.53 bits per heavy atom. The lowest BCUT2D eigenvalue weighted by Gasteiger charge is -2.32. The third-order valence-electron chi connectivity index (χ3n) is 3.71. The molecule has 0 radical (unpaired) electrons. The molecule has 0 saturated carbocycles. The Labute approximate surface area is 100 Å². The molecule has 4 nitrogen and oxygen atoms in total. The van der Waals surface area contributed by atoms with Crippen LogP contribution in [-0.2, 0) is 19.1 Å². The first kappa shape index (κ1) is 12.2. The molecule has 1 spiro atoms. The minimum Gasteiger partial charge on any atom is -0.353 e. The van der Waals surface area contributed by atoms with Gasteiger partial charge in [-0.2, -0.15) is 0 Å². The van der Waals surface area contributed by atoms with Gasteiger partial charge in [0.05, 0.1) is 5.60 Å². The topological polar surface area (TPSA) is 60.4 Å². The summed E-state index contributed by atoms with van der Waals surface area (Å²) in [6.07, 6.45) is 0.901. The maximum absolute atomic E-state index is 12.2. The van der Waals surface area contributed by atoms with Gasteiger partial charge in [0.1, 0.15) is 0 Å². The largest absolute Gasteiger partial charge is 0.353 e. The Morgan fingerprint density at radius 1 is 0.941 bits per heavy atom. The van der Waals surface area contributed by atoms with E-state index in [2.05, 4.69) is 0 Å². The van der Waals surface area contributed by atoms with E-state index < -0.39 is 22.8 Å². The summed E-state index contributed by atoms with van der Waals surface area (Å²) < 4.78 is 5.64. The number of ketones is 3. The molecule has 1 saturated heterocycles. The zero-order chi connectivity index (χ0) is 13.0. The molecule has 2 aliphatic rings. The Kier molecular flexibility index (Phi) is 2.40. The molecule has 0 aromatic heterocycles. The highest BCUT2D eigenvalue weighted by molar-refractivity contribution is 6.54. The van der Waals surface area contributed by atoms with Crippen molar-refractivity contribution in [1.82, 2.24) is 0 Å². The molecule has 0 bridgehead atoms. The van der Waals surface area contributed by atoms with Crippen LogP contribution in [0, 0.1) is 0 Å². The second-order valence-electron chi connectivity index (χ2n) is 5.43. The van der Waals surface area contributed by atoms with Crippen LogP contribution >= 0.6 is 0 Å². The van der Waals surface area contributed by atoms with E-state index in [4.69, 9.17) is 4.74 Å². The maximum atomic E-state index is 12.2. The molecule has 4 heteroatoms. The van der Waals surface area contributed by atoms with Crippen molar-refractivity contribution in [2.45, 2.75) is 51.7 Å². The standard InChI is InChI=1S/C13H16O4/c1-7-8(2)10(15)13(11(16)9(7)14)6-5-12(3,4)17-13/h5-6H2,1-4H3. The van der Waals surface area contributed by atoms with Crippen LogP contribution in [0.4, 0.5) is 0 Å². The lowest BCUT2D eigenvalue weighted by Crippen LogP contribution is -2.54. The molecule has 17 heavy (non-hydrogen) atoms. The van der Waals surface area contributed by atoms with Gasteiger partial charge in [-0.05, 0) is 40.5 Å². The molecular formula is C13H16O4. The molecule has 1 aliphatic heterocycles. The molecular weight excluding hydrogens is 220 g/mol. The van der Waals surface area contributed by atoms with Crippen molar-refractivity contribution in [2.75, 3.05) is 0 Å². The Morgan fingerprint density at radius 3 is 2.00 bits per heavy atom. The molecule has 0 amide bonds. The van der Waals surface area contributed by atoms with Gasteiger partial charge in [0.25, 0.3) is 0 Å². The molecule has 0 aromatic carbocycles. The molecule has 0 aromatic rings. The summed E-state index contributed by atoms with van der Waals surface area (Å²) in [4.78, 5) is 36.1. The monoisotopic (exact) mass is 236 g/mol. The van der Waals surface area contributed by atoms with Crippen LogP contribution in [0.1, 0.15) is 40.5 Å². The van der Waals surface area contributed by atoms with E-state index in [1.165, 1.54) is 6.92 Å². The van der Waals surface area contributed by atoms with Crippen molar-refractivity contribution in [1.29, 1.82) is 0 Å².